The first-order valence-electron chi connectivity index (χ1n) is 14.6. The summed E-state index contributed by atoms with van der Waals surface area (Å²) in [6.45, 7) is 10.3. The van der Waals surface area contributed by atoms with Crippen LogP contribution in [0, 0.1) is 74.9 Å². The zero-order chi connectivity index (χ0) is 35.8. The van der Waals surface area contributed by atoms with Crippen molar-refractivity contribution >= 4 is 41.4 Å². The molecular formula is C31H32BF10O4P. The fourth-order valence-corrected chi connectivity index (χ4v) is 16.6. The van der Waals surface area contributed by atoms with E-state index in [0.717, 1.165) is 14.2 Å². The van der Waals surface area contributed by atoms with Crippen LogP contribution in [0.25, 0.3) is 0 Å². The lowest BCUT2D eigenvalue weighted by Gasteiger charge is -2.50. The number of fused-ring (bicyclic) bond motifs is 1. The van der Waals surface area contributed by atoms with E-state index < -0.39 is 128 Å². The highest BCUT2D eigenvalue weighted by Crippen LogP contribution is 2.90. The Morgan fingerprint density at radius 3 is 1.40 bits per heavy atom. The molecule has 4 nitrogen and oxygen atoms in total. The number of hydrogen-bond acceptors (Lipinski definition) is 3. The van der Waals surface area contributed by atoms with Gasteiger partial charge in [-0.2, -0.15) is 0 Å². The van der Waals surface area contributed by atoms with Gasteiger partial charge in [-0.05, 0) is 27.8 Å². The number of ether oxygens (including phenoxy) is 2. The van der Waals surface area contributed by atoms with Crippen LogP contribution in [0.4, 0.5) is 43.9 Å². The quantitative estimate of drug-likeness (QED) is 0.0704. The number of carbonyl (C=O) groups excluding carboxylic acids is 2. The van der Waals surface area contributed by atoms with Crippen molar-refractivity contribution in [2.75, 3.05) is 20.4 Å². The van der Waals surface area contributed by atoms with E-state index in [0.29, 0.717) is 0 Å². The first-order valence-corrected chi connectivity index (χ1v) is 16.5. The molecule has 0 saturated heterocycles. The molecule has 1 saturated carbocycles. The predicted octanol–water partition coefficient (Wildman–Crippen LogP) is 6.46. The molecule has 3 atom stereocenters. The van der Waals surface area contributed by atoms with Crippen LogP contribution in [-0.2, 0) is 18.6 Å². The molecule has 2 aromatic carbocycles. The maximum absolute atomic E-state index is 15.7. The van der Waals surface area contributed by atoms with Crippen LogP contribution >= 0.6 is 6.89 Å². The number of halogens is 10. The summed E-state index contributed by atoms with van der Waals surface area (Å²) in [5.41, 5.74) is -6.69. The molecule has 47 heavy (non-hydrogen) atoms. The minimum Gasteiger partial charge on any atom is -0.568 e. The number of methoxy groups -OCH3 is 2. The third-order valence-corrected chi connectivity index (χ3v) is 17.9. The zero-order valence-electron chi connectivity index (χ0n) is 26.9. The topological polar surface area (TPSA) is 46.8 Å². The van der Waals surface area contributed by atoms with Gasteiger partial charge in [0, 0.05) is 0 Å². The molecule has 0 radical (unpaired) electrons. The van der Waals surface area contributed by atoms with Gasteiger partial charge in [0.25, 0.3) is 0 Å². The highest BCUT2D eigenvalue weighted by molar-refractivity contribution is 7.81. The molecule has 0 bridgehead atoms. The Labute approximate surface area is 264 Å². The summed E-state index contributed by atoms with van der Waals surface area (Å²) in [5.74, 6) is -28.5. The van der Waals surface area contributed by atoms with Crippen LogP contribution in [0.15, 0.2) is 0 Å². The van der Waals surface area contributed by atoms with E-state index in [1.54, 1.807) is 6.92 Å². The van der Waals surface area contributed by atoms with E-state index in [4.69, 9.17) is 13.8 Å². The molecule has 1 aliphatic carbocycles. The lowest BCUT2D eigenvalue weighted by Crippen LogP contribution is -2.68. The van der Waals surface area contributed by atoms with Crippen LogP contribution < -0.4 is 10.9 Å². The van der Waals surface area contributed by atoms with Gasteiger partial charge in [0.05, 0.1) is 12.4 Å². The lowest BCUT2D eigenvalue weighted by atomic mass is 9.28. The molecule has 2 aromatic rings. The fraction of sp³-hybridized carbons (Fsp3) is 0.516. The molecule has 0 aromatic heterocycles. The number of hydrogen-bond donors (Lipinski definition) is 0. The van der Waals surface area contributed by atoms with Gasteiger partial charge < -0.3 is 13.8 Å². The first-order chi connectivity index (χ1) is 21.4. The molecule has 2 aliphatic heterocycles. The molecule has 5 rings (SSSR count). The predicted molar refractivity (Wildman–Crippen MR) is 157 cm³/mol. The number of benzene rings is 2. The molecule has 2 heterocycles. The van der Waals surface area contributed by atoms with Crippen molar-refractivity contribution in [3.63, 3.8) is 0 Å². The zero-order valence-corrected chi connectivity index (χ0v) is 27.8. The Kier molecular flexibility index (Phi) is 7.73. The molecule has 1 spiro atoms. The van der Waals surface area contributed by atoms with Gasteiger partial charge in [0.15, 0.2) is 47.4 Å². The standard InChI is InChI=1S/C31H32BF10O4P/c1-28(2,3)47(29(4,5)6)11-30(7)12-10-32(13-15(33)19(37)23(41)20(38)16(13)34,14-17(35)21(39)24(42)22(40)18(14)36)46-27(45-9)31(12,30)25(47)26(43)44-8/h12H,10-11H2,1-9H3/t12-,30-,31-/m0/s1. The summed E-state index contributed by atoms with van der Waals surface area (Å²) in [4.78, 5) is 13.9. The minimum absolute atomic E-state index is 0.177. The van der Waals surface area contributed by atoms with Crippen molar-refractivity contribution in [2.24, 2.45) is 16.7 Å². The van der Waals surface area contributed by atoms with Crippen molar-refractivity contribution in [2.45, 2.75) is 65.1 Å². The van der Waals surface area contributed by atoms with Crippen LogP contribution in [0.3, 0.4) is 0 Å². The van der Waals surface area contributed by atoms with Crippen molar-refractivity contribution in [1.29, 1.82) is 0 Å². The highest BCUT2D eigenvalue weighted by Gasteiger charge is 2.91. The molecule has 0 unspecified atom stereocenters. The summed E-state index contributed by atoms with van der Waals surface area (Å²) in [6, 6.07) is 0. The second kappa shape index (κ2) is 10.3. The summed E-state index contributed by atoms with van der Waals surface area (Å²) >= 11 is 0. The smallest absolute Gasteiger partial charge is 0.439 e. The third-order valence-electron chi connectivity index (χ3n) is 10.9. The van der Waals surface area contributed by atoms with Crippen LogP contribution in [-0.4, -0.2) is 54.3 Å². The van der Waals surface area contributed by atoms with Gasteiger partial charge in [0.1, 0.15) is 23.3 Å². The maximum atomic E-state index is 15.7. The van der Waals surface area contributed by atoms with Crippen LogP contribution in [0.1, 0.15) is 48.5 Å². The summed E-state index contributed by atoms with van der Waals surface area (Å²) in [6.07, 6.45) is -5.43. The third kappa shape index (κ3) is 3.92. The second-order valence-corrected chi connectivity index (χ2v) is 19.8. The van der Waals surface area contributed by atoms with Crippen molar-refractivity contribution in [1.82, 2.24) is 0 Å². The minimum atomic E-state index is -4.59. The van der Waals surface area contributed by atoms with E-state index in [9.17, 15) is 31.1 Å². The summed E-state index contributed by atoms with van der Waals surface area (Å²) in [7, 11) is 2.09. The van der Waals surface area contributed by atoms with E-state index >= 15 is 17.6 Å². The Morgan fingerprint density at radius 1 is 0.723 bits per heavy atom. The molecule has 258 valence electrons. The van der Waals surface area contributed by atoms with Crippen molar-refractivity contribution < 1.29 is 62.5 Å². The number of carbonyl (C=O) groups is 1. The van der Waals surface area contributed by atoms with Crippen molar-refractivity contribution in [3.05, 3.63) is 58.2 Å². The van der Waals surface area contributed by atoms with E-state index in [2.05, 4.69) is 0 Å². The molecule has 3 aliphatic rings. The SMILES string of the molecule is COC(=O)C1=P(C(C)(C)C)(C(C)(C)C)C[C@@]2(C)[C@@H]3C[B-](c4c(F)c(F)c(F)c(F)c4F)(c4c(F)c(F)c(F)c(F)c4F)[O+]=C(OC)[C@@]132. The largest absolute Gasteiger partial charge is 0.568 e. The molecule has 16 heteroatoms. The molecule has 0 amide bonds. The Morgan fingerprint density at radius 2 is 1.09 bits per heavy atom. The maximum Gasteiger partial charge on any atom is 0.439 e. The van der Waals surface area contributed by atoms with Gasteiger partial charge >= 0.3 is 18.3 Å². The number of rotatable bonds is 3. The molecule has 0 N–H and O–H groups in total. The average Bonchev–Trinajstić information content (AvgIpc) is 3.37. The van der Waals surface area contributed by atoms with E-state index in [-0.39, 0.29) is 11.5 Å². The Hall–Kier alpha value is -2.96. The lowest BCUT2D eigenvalue weighted by molar-refractivity contribution is -0.325. The second-order valence-electron chi connectivity index (χ2n) is 14.7. The van der Waals surface area contributed by atoms with Crippen LogP contribution in [0.5, 0.6) is 0 Å². The first kappa shape index (κ1) is 35.4. The van der Waals surface area contributed by atoms with Gasteiger partial charge in [-0.3, -0.25) is 0 Å². The molecule has 1 fully saturated rings. The normalized spacial score (nSPS) is 26.1. The molecular weight excluding hydrogens is 668 g/mol. The fourth-order valence-electron chi connectivity index (χ4n) is 9.22. The van der Waals surface area contributed by atoms with Gasteiger partial charge in [0.2, 0.25) is 0 Å². The number of esters is 2. The van der Waals surface area contributed by atoms with Gasteiger partial charge in [-0.25, -0.2) is 48.7 Å². The van der Waals surface area contributed by atoms with Crippen molar-refractivity contribution in [3.8, 4) is 0 Å². The average molecular weight is 700 g/mol. The van der Waals surface area contributed by atoms with Crippen LogP contribution in [0.2, 0.25) is 6.32 Å². The summed E-state index contributed by atoms with van der Waals surface area (Å²) < 4.78 is 167. The highest BCUT2D eigenvalue weighted by atomic mass is 31.2. The summed E-state index contributed by atoms with van der Waals surface area (Å²) in [5, 5.41) is -1.06. The van der Waals surface area contributed by atoms with E-state index in [1.807, 2.05) is 41.5 Å². The Balaban J connectivity index is 2.05. The van der Waals surface area contributed by atoms with Gasteiger partial charge in [-0.1, -0.05) is 72.6 Å². The Bertz CT molecular complexity index is 1720. The van der Waals surface area contributed by atoms with E-state index in [1.165, 1.54) is 0 Å². The van der Waals surface area contributed by atoms with Gasteiger partial charge in [-0.15, -0.1) is 0 Å². The monoisotopic (exact) mass is 700 g/mol.